The topological polar surface area (TPSA) is 311 Å². The second-order valence-corrected chi connectivity index (χ2v) is 14.1. The third-order valence-electron chi connectivity index (χ3n) is 3.42. The Labute approximate surface area is 250 Å². The van der Waals surface area contributed by atoms with Crippen molar-refractivity contribution in [3.63, 3.8) is 0 Å². The number of rotatable bonds is 10. The van der Waals surface area contributed by atoms with Crippen LogP contribution in [-0.4, -0.2) is 133 Å². The van der Waals surface area contributed by atoms with E-state index in [4.69, 9.17) is 40.5 Å². The summed E-state index contributed by atoms with van der Waals surface area (Å²) >= 11 is 0. The minimum Gasteiger partial charge on any atom is -2.00 e. The average molecular weight is 840 g/mol. The van der Waals surface area contributed by atoms with E-state index in [9.17, 15) is 9.13 Å². The molecule has 0 atom stereocenters. The van der Waals surface area contributed by atoms with Crippen molar-refractivity contribution in [1.29, 1.82) is 0 Å². The van der Waals surface area contributed by atoms with Gasteiger partial charge in [0, 0.05) is 51.2 Å². The molecule has 0 saturated carbocycles. The van der Waals surface area contributed by atoms with Gasteiger partial charge < -0.3 is 11.0 Å². The van der Waals surface area contributed by atoms with E-state index >= 15 is 0 Å². The Morgan fingerprint density at radius 3 is 0.538 bits per heavy atom. The van der Waals surface area contributed by atoms with Gasteiger partial charge in [-0.2, -0.15) is 0 Å². The van der Waals surface area contributed by atoms with Crippen molar-refractivity contribution >= 4 is 15.2 Å². The second kappa shape index (κ2) is 25.4. The van der Waals surface area contributed by atoms with E-state index in [2.05, 4.69) is 0 Å². The molecule has 0 bridgehead atoms. The van der Waals surface area contributed by atoms with Crippen LogP contribution in [0.1, 0.15) is 0 Å². The zero-order valence-corrected chi connectivity index (χ0v) is 29.6. The van der Waals surface area contributed by atoms with E-state index in [0.717, 1.165) is 0 Å². The Hall–Kier alpha value is -1.61. The van der Waals surface area contributed by atoms with Gasteiger partial charge in [0.25, 0.3) is 15.2 Å². The Morgan fingerprint density at radius 1 is 0.436 bits per heavy atom. The van der Waals surface area contributed by atoms with Crippen molar-refractivity contribution in [2.24, 2.45) is 0 Å². The van der Waals surface area contributed by atoms with E-state index in [-0.39, 0.29) is 42.1 Å². The predicted octanol–water partition coefficient (Wildman–Crippen LogP) is 0.808. The Balaban J connectivity index is -0.0000000697. The molecule has 0 aromatic heterocycles. The fraction of sp³-hybridized carbons (Fsp3) is 1.00. The predicted molar refractivity (Wildman–Crippen MR) is 133 cm³/mol. The van der Waals surface area contributed by atoms with Crippen LogP contribution in [-0.2, 0) is 20.1 Å². The van der Waals surface area contributed by atoms with Crippen molar-refractivity contribution in [3.8, 4) is 0 Å². The third-order valence-corrected chi connectivity index (χ3v) is 9.67. The number of nitro groups is 4. The molecule has 0 N–H and O–H groups in total. The van der Waals surface area contributed by atoms with E-state index in [1.165, 1.54) is 0 Å². The summed E-state index contributed by atoms with van der Waals surface area (Å²) in [5, 5.41) is 30.5. The van der Waals surface area contributed by atoms with Crippen LogP contribution in [0, 0.1) is 71.6 Å². The maximum absolute atomic E-state index is 12.1. The molecule has 27 heteroatoms. The molecular weight excluding hydrogens is 804 g/mol. The number of nitrogens with zero attached hydrogens (tertiary/aromatic N) is 12. The van der Waals surface area contributed by atoms with Gasteiger partial charge in [0.05, 0.1) is 0 Å². The smallest absolute Gasteiger partial charge is 0.285 e. The molecule has 24 nitrogen and oxygen atoms in total. The van der Waals surface area contributed by atoms with Crippen LogP contribution >= 0.6 is 15.2 Å². The fourth-order valence-electron chi connectivity index (χ4n) is 2.27. The number of hydrogen-bond acceptors (Lipinski definition) is 10. The van der Waals surface area contributed by atoms with Crippen LogP contribution in [0.4, 0.5) is 0 Å². The first-order valence-electron chi connectivity index (χ1n) is 9.19. The van der Waals surface area contributed by atoms with Crippen LogP contribution in [0.3, 0.4) is 0 Å². The van der Waals surface area contributed by atoms with E-state index in [1.807, 2.05) is 84.6 Å². The number of hydrogen-bond donors (Lipinski definition) is 0. The van der Waals surface area contributed by atoms with E-state index < -0.39 is 35.3 Å². The normalized spacial score (nSPS) is 10.3. The third kappa shape index (κ3) is 24.0. The van der Waals surface area contributed by atoms with Crippen molar-refractivity contribution in [2.45, 2.75) is 0 Å². The van der Waals surface area contributed by atoms with E-state index in [0.29, 0.717) is 0 Å². The summed E-state index contributed by atoms with van der Waals surface area (Å²) < 4.78 is 34.6. The van der Waals surface area contributed by atoms with Crippen molar-refractivity contribution in [2.75, 3.05) is 84.6 Å². The average Bonchev–Trinajstić information content (AvgIpc) is 2.64. The summed E-state index contributed by atoms with van der Waals surface area (Å²) in [7, 11) is 17.0. The van der Waals surface area contributed by atoms with Gasteiger partial charge in [-0.05, 0) is 95.6 Å². The quantitative estimate of drug-likeness (QED) is 0.167. The molecule has 39 heavy (non-hydrogen) atoms. The zero-order valence-electron chi connectivity index (χ0n) is 23.7. The molecule has 0 amide bonds. The van der Waals surface area contributed by atoms with Crippen LogP contribution in [0.5, 0.6) is 0 Å². The Bertz CT molecular complexity index is 658. The molecule has 0 rings (SSSR count). The van der Waals surface area contributed by atoms with Gasteiger partial charge in [-0.15, -0.1) is 0 Å². The van der Waals surface area contributed by atoms with Crippen molar-refractivity contribution in [1.82, 2.24) is 28.0 Å². The van der Waals surface area contributed by atoms with Gasteiger partial charge in [0.15, 0.2) is 0 Å². The van der Waals surface area contributed by atoms with E-state index in [1.54, 1.807) is 39.1 Å². The monoisotopic (exact) mass is 840 g/mol. The maximum Gasteiger partial charge on any atom is 0.285 e. The summed E-state index contributed by atoms with van der Waals surface area (Å²) in [6.45, 7) is 0. The summed E-state index contributed by atoms with van der Waals surface area (Å²) in [5.74, 6) is 0. The molecule has 0 aliphatic carbocycles. The van der Waals surface area contributed by atoms with Crippen LogP contribution < -0.4 is 0 Å². The molecule has 0 aromatic carbocycles. The van der Waals surface area contributed by atoms with Gasteiger partial charge in [-0.3, -0.25) is 49.6 Å². The Kier molecular flexibility index (Phi) is 34.9. The molecular formula is C12H36N12O12P2U-6. The van der Waals surface area contributed by atoms with Crippen LogP contribution in [0.2, 0.25) is 0 Å². The molecule has 236 valence electrons. The fourth-order valence-corrected chi connectivity index (χ4v) is 6.56. The summed E-state index contributed by atoms with van der Waals surface area (Å²) in [6, 6.07) is 0. The second-order valence-electron chi connectivity index (χ2n) is 7.24. The molecule has 0 fully saturated rings. The summed E-state index contributed by atoms with van der Waals surface area (Å²) in [6.07, 6.45) is 0. The molecule has 0 radical (unpaired) electrons. The van der Waals surface area contributed by atoms with Gasteiger partial charge in [-0.25, -0.2) is 28.0 Å². The van der Waals surface area contributed by atoms with Crippen molar-refractivity contribution in [3.05, 3.63) is 51.5 Å². The molecule has 0 unspecified atom stereocenters. The summed E-state index contributed by atoms with van der Waals surface area (Å²) in [4.78, 5) is 36.0. The van der Waals surface area contributed by atoms with Gasteiger partial charge in [0.2, 0.25) is 0 Å². The minimum absolute atomic E-state index is 0. The van der Waals surface area contributed by atoms with Crippen LogP contribution in [0.25, 0.3) is 11.1 Å². The maximum atomic E-state index is 12.1. The molecule has 0 aromatic rings. The van der Waals surface area contributed by atoms with Gasteiger partial charge >= 0.3 is 0 Å². The SMILES string of the molecule is CN(C)P(=O)(N(C)C)N(C)C.CN(C)P(=O)(N(C)C)N(C)C.O=[N+]([O-])[N-][N+](=O)[O-].O=[N+]([O-])[N-][N+](=O)[O-].[O-2].[O-2].[U]. The van der Waals surface area contributed by atoms with Gasteiger partial charge in [0.1, 0.15) is 0 Å². The standard InChI is InChI=1S/2C6H18N3OP.2N3O4.2O.U/c2*1-7(2)11(10,8(3)4)9(5)6;2*4-2(5)1-3(6)7;;;/h2*1-6H3;;;;;/q;;2*-1;2*-2;. The first-order chi connectivity index (χ1) is 15.9. The summed E-state index contributed by atoms with van der Waals surface area (Å²) in [5.41, 5.74) is 3.44. The molecule has 0 heterocycles. The minimum atomic E-state index is -2.44. The van der Waals surface area contributed by atoms with Crippen LogP contribution in [0.15, 0.2) is 0 Å². The molecule has 0 saturated heterocycles. The first kappa shape index (κ1) is 53.6. The molecule has 0 aliphatic rings. The Morgan fingerprint density at radius 2 is 0.538 bits per heavy atom. The molecule has 0 spiro atoms. The molecule has 0 aliphatic heterocycles. The van der Waals surface area contributed by atoms with Crippen molar-refractivity contribution < 1.29 is 71.3 Å². The van der Waals surface area contributed by atoms with Gasteiger partial charge in [-0.1, -0.05) is 0 Å². The zero-order chi connectivity index (χ0) is 30.2. The first-order valence-corrected chi connectivity index (χ1v) is 12.3. The largest absolute Gasteiger partial charge is 2.00 e.